The zero-order chi connectivity index (χ0) is 15.5. The van der Waals surface area contributed by atoms with E-state index in [9.17, 15) is 0 Å². The zero-order valence-electron chi connectivity index (χ0n) is 12.2. The summed E-state index contributed by atoms with van der Waals surface area (Å²) in [6.45, 7) is 3.40. The van der Waals surface area contributed by atoms with Gasteiger partial charge < -0.3 is 9.30 Å². The highest BCUT2D eigenvalue weighted by atomic mass is 35.5. The van der Waals surface area contributed by atoms with Gasteiger partial charge in [0.2, 0.25) is 0 Å². The molecule has 0 saturated carbocycles. The molecule has 0 radical (unpaired) electrons. The first-order chi connectivity index (χ1) is 10.7. The molecule has 22 heavy (non-hydrogen) atoms. The topological polar surface area (TPSA) is 52.8 Å². The molecule has 0 spiro atoms. The van der Waals surface area contributed by atoms with E-state index in [2.05, 4.69) is 18.9 Å². The second kappa shape index (κ2) is 6.95. The second-order valence-electron chi connectivity index (χ2n) is 4.60. The van der Waals surface area contributed by atoms with E-state index in [0.717, 1.165) is 39.3 Å². The minimum atomic E-state index is 0.623. The summed E-state index contributed by atoms with van der Waals surface area (Å²) in [6, 6.07) is 5.74. The van der Waals surface area contributed by atoms with Gasteiger partial charge in [0.15, 0.2) is 9.50 Å². The number of fused-ring (bicyclic) bond motifs is 1. The highest BCUT2D eigenvalue weighted by Crippen LogP contribution is 2.32. The van der Waals surface area contributed by atoms with Crippen LogP contribution in [0.1, 0.15) is 12.7 Å². The van der Waals surface area contributed by atoms with Crippen molar-refractivity contribution in [3.63, 3.8) is 0 Å². The summed E-state index contributed by atoms with van der Waals surface area (Å²) < 4.78 is 12.6. The number of aryl methyl sites for hydroxylation is 1. The lowest BCUT2D eigenvalue weighted by molar-refractivity contribution is 0.186. The third kappa shape index (κ3) is 3.27. The number of halogens is 1. The van der Waals surface area contributed by atoms with E-state index in [4.69, 9.17) is 16.3 Å². The Hall–Kier alpha value is -1.15. The number of imidazole rings is 1. The fourth-order valence-corrected chi connectivity index (χ4v) is 3.96. The lowest BCUT2D eigenvalue weighted by Crippen LogP contribution is -2.05. The van der Waals surface area contributed by atoms with Crippen molar-refractivity contribution in [3.8, 4) is 0 Å². The van der Waals surface area contributed by atoms with Crippen LogP contribution < -0.4 is 0 Å². The monoisotopic (exact) mass is 354 g/mol. The number of hydrogen-bond acceptors (Lipinski definition) is 6. The standard InChI is InChI=1S/C14H15ClN4OS2/c1-3-12-17-14(22-18-12)21-13-16-10-8-9(15)4-5-11(10)19(13)6-7-20-2/h4-5,8H,3,6-7H2,1-2H3. The quantitative estimate of drug-likeness (QED) is 0.672. The largest absolute Gasteiger partial charge is 0.383 e. The summed E-state index contributed by atoms with van der Waals surface area (Å²) in [5.41, 5.74) is 1.93. The van der Waals surface area contributed by atoms with Crippen molar-refractivity contribution >= 4 is 45.9 Å². The summed E-state index contributed by atoms with van der Waals surface area (Å²) in [7, 11) is 1.70. The van der Waals surface area contributed by atoms with Crippen molar-refractivity contribution in [1.82, 2.24) is 18.9 Å². The Morgan fingerprint density at radius 1 is 1.36 bits per heavy atom. The summed E-state index contributed by atoms with van der Waals surface area (Å²) in [5, 5.41) is 1.57. The van der Waals surface area contributed by atoms with Crippen LogP contribution in [0.25, 0.3) is 11.0 Å². The van der Waals surface area contributed by atoms with Gasteiger partial charge in [0.25, 0.3) is 0 Å². The minimum absolute atomic E-state index is 0.623. The van der Waals surface area contributed by atoms with Gasteiger partial charge >= 0.3 is 0 Å². The smallest absolute Gasteiger partial charge is 0.177 e. The summed E-state index contributed by atoms with van der Waals surface area (Å²) >= 11 is 9.00. The van der Waals surface area contributed by atoms with Crippen LogP contribution in [0.4, 0.5) is 0 Å². The Morgan fingerprint density at radius 2 is 2.23 bits per heavy atom. The number of benzene rings is 1. The molecule has 0 fully saturated rings. The summed E-state index contributed by atoms with van der Waals surface area (Å²) in [4.78, 5) is 9.17. The molecular weight excluding hydrogens is 340 g/mol. The predicted molar refractivity (Wildman–Crippen MR) is 90.0 cm³/mol. The van der Waals surface area contributed by atoms with Gasteiger partial charge in [-0.3, -0.25) is 0 Å². The first-order valence-electron chi connectivity index (χ1n) is 6.86. The lowest BCUT2D eigenvalue weighted by Gasteiger charge is -2.06. The molecule has 116 valence electrons. The van der Waals surface area contributed by atoms with Crippen molar-refractivity contribution < 1.29 is 4.74 Å². The highest BCUT2D eigenvalue weighted by Gasteiger charge is 2.14. The minimum Gasteiger partial charge on any atom is -0.383 e. The normalized spacial score (nSPS) is 11.4. The van der Waals surface area contributed by atoms with Crippen molar-refractivity contribution in [2.75, 3.05) is 13.7 Å². The van der Waals surface area contributed by atoms with Crippen LogP contribution in [0, 0.1) is 0 Å². The van der Waals surface area contributed by atoms with E-state index in [0.29, 0.717) is 11.6 Å². The molecule has 0 bridgehead atoms. The fraction of sp³-hybridized carbons (Fsp3) is 0.357. The third-order valence-corrected chi connectivity index (χ3v) is 5.16. The van der Waals surface area contributed by atoms with E-state index in [1.54, 1.807) is 7.11 Å². The van der Waals surface area contributed by atoms with Gasteiger partial charge in [0.1, 0.15) is 5.82 Å². The summed E-state index contributed by atoms with van der Waals surface area (Å²) in [5.74, 6) is 0.870. The van der Waals surface area contributed by atoms with Crippen LogP contribution in [0.3, 0.4) is 0 Å². The maximum Gasteiger partial charge on any atom is 0.177 e. The average molecular weight is 355 g/mol. The average Bonchev–Trinajstić information content (AvgIpc) is 3.09. The first-order valence-corrected chi connectivity index (χ1v) is 8.83. The molecule has 8 heteroatoms. The molecule has 3 rings (SSSR count). The van der Waals surface area contributed by atoms with Crippen LogP contribution in [-0.2, 0) is 17.7 Å². The zero-order valence-corrected chi connectivity index (χ0v) is 14.6. The molecule has 1 aromatic carbocycles. The van der Waals surface area contributed by atoms with Gasteiger partial charge in [0, 0.05) is 25.1 Å². The molecule has 0 aliphatic heterocycles. The van der Waals surface area contributed by atoms with Gasteiger partial charge in [-0.15, -0.1) is 0 Å². The first kappa shape index (κ1) is 15.7. The molecule has 0 amide bonds. The Balaban J connectivity index is 1.98. The molecule has 0 unspecified atom stereocenters. The molecule has 2 aromatic heterocycles. The number of rotatable bonds is 6. The molecule has 0 N–H and O–H groups in total. The van der Waals surface area contributed by atoms with Gasteiger partial charge in [-0.2, -0.15) is 4.37 Å². The number of hydrogen-bond donors (Lipinski definition) is 0. The Labute approximate surface area is 141 Å². The highest BCUT2D eigenvalue weighted by molar-refractivity contribution is 8.00. The Bertz CT molecular complexity index is 786. The Morgan fingerprint density at radius 3 is 2.95 bits per heavy atom. The van der Waals surface area contributed by atoms with Crippen LogP contribution in [0.15, 0.2) is 27.7 Å². The summed E-state index contributed by atoms with van der Waals surface area (Å²) in [6.07, 6.45) is 0.840. The maximum atomic E-state index is 6.07. The molecule has 0 saturated heterocycles. The van der Waals surface area contributed by atoms with Crippen molar-refractivity contribution in [2.45, 2.75) is 29.4 Å². The van der Waals surface area contributed by atoms with E-state index < -0.39 is 0 Å². The fourth-order valence-electron chi connectivity index (χ4n) is 2.06. The number of aromatic nitrogens is 4. The maximum absolute atomic E-state index is 6.07. The second-order valence-corrected chi connectivity index (χ2v) is 7.01. The van der Waals surface area contributed by atoms with Gasteiger partial charge in [0.05, 0.1) is 17.6 Å². The molecule has 0 aliphatic carbocycles. The predicted octanol–water partition coefficient (Wildman–Crippen LogP) is 3.90. The van der Waals surface area contributed by atoms with Crippen molar-refractivity contribution in [1.29, 1.82) is 0 Å². The van der Waals surface area contributed by atoms with Crippen LogP contribution in [-0.4, -0.2) is 32.6 Å². The lowest BCUT2D eigenvalue weighted by atomic mass is 10.3. The van der Waals surface area contributed by atoms with Crippen LogP contribution in [0.2, 0.25) is 5.02 Å². The van der Waals surface area contributed by atoms with E-state index in [1.807, 2.05) is 25.1 Å². The van der Waals surface area contributed by atoms with Crippen LogP contribution in [0.5, 0.6) is 0 Å². The van der Waals surface area contributed by atoms with Crippen molar-refractivity contribution in [2.24, 2.45) is 0 Å². The van der Waals surface area contributed by atoms with E-state index in [1.165, 1.54) is 23.3 Å². The van der Waals surface area contributed by atoms with Crippen molar-refractivity contribution in [3.05, 3.63) is 29.0 Å². The SMILES string of the molecule is CCc1nsc(Sc2nc3cc(Cl)ccc3n2CCOC)n1. The third-order valence-electron chi connectivity index (χ3n) is 3.14. The molecule has 0 aliphatic rings. The molecule has 0 atom stereocenters. The van der Waals surface area contributed by atoms with Crippen LogP contribution >= 0.6 is 34.9 Å². The molecule has 2 heterocycles. The van der Waals surface area contributed by atoms with Gasteiger partial charge in [-0.25, -0.2) is 9.97 Å². The number of methoxy groups -OCH3 is 1. The van der Waals surface area contributed by atoms with Gasteiger partial charge in [-0.05, 0) is 41.5 Å². The van der Waals surface area contributed by atoms with E-state index in [-0.39, 0.29) is 0 Å². The number of ether oxygens (including phenoxy) is 1. The molecule has 5 nitrogen and oxygen atoms in total. The van der Waals surface area contributed by atoms with Gasteiger partial charge in [-0.1, -0.05) is 18.5 Å². The Kier molecular flexibility index (Phi) is 4.97. The molecular formula is C14H15ClN4OS2. The van der Waals surface area contributed by atoms with E-state index >= 15 is 0 Å². The number of nitrogens with zero attached hydrogens (tertiary/aromatic N) is 4. The molecule has 3 aromatic rings.